The van der Waals surface area contributed by atoms with Crippen LogP contribution in [0.3, 0.4) is 0 Å². The summed E-state index contributed by atoms with van der Waals surface area (Å²) >= 11 is 0. The standard InChI is InChI=1S/C12H13NO2/c1-3-10(4-2)13-12(14)8-7-11-6-5-9-15-11/h1,5-10H,4H2,2H3,(H,13,14)/b8-7+. The first-order valence-electron chi connectivity index (χ1n) is 4.74. The fourth-order valence-corrected chi connectivity index (χ4v) is 1.03. The van der Waals surface area contributed by atoms with Crippen LogP contribution in [0.5, 0.6) is 0 Å². The Morgan fingerprint density at radius 2 is 2.60 bits per heavy atom. The average molecular weight is 203 g/mol. The molecule has 0 fully saturated rings. The van der Waals surface area contributed by atoms with E-state index < -0.39 is 0 Å². The maximum atomic E-state index is 11.3. The zero-order valence-electron chi connectivity index (χ0n) is 8.57. The van der Waals surface area contributed by atoms with Gasteiger partial charge in [-0.25, -0.2) is 0 Å². The summed E-state index contributed by atoms with van der Waals surface area (Å²) in [6.07, 6.45) is 10.5. The zero-order chi connectivity index (χ0) is 11.1. The Morgan fingerprint density at radius 1 is 1.80 bits per heavy atom. The molecule has 0 aliphatic carbocycles. The monoisotopic (exact) mass is 203 g/mol. The highest BCUT2D eigenvalue weighted by atomic mass is 16.3. The lowest BCUT2D eigenvalue weighted by atomic mass is 10.2. The molecule has 1 rings (SSSR count). The number of carbonyl (C=O) groups is 1. The maximum Gasteiger partial charge on any atom is 0.245 e. The normalized spacial score (nSPS) is 12.3. The highest BCUT2D eigenvalue weighted by Crippen LogP contribution is 2.01. The minimum absolute atomic E-state index is 0.209. The Labute approximate surface area is 89.2 Å². The second kappa shape index (κ2) is 5.71. The van der Waals surface area contributed by atoms with Crippen molar-refractivity contribution in [1.82, 2.24) is 5.32 Å². The van der Waals surface area contributed by atoms with Crippen LogP contribution in [0, 0.1) is 12.3 Å². The molecule has 1 heterocycles. The lowest BCUT2D eigenvalue weighted by Gasteiger charge is -2.07. The fourth-order valence-electron chi connectivity index (χ4n) is 1.03. The molecule has 0 spiro atoms. The highest BCUT2D eigenvalue weighted by Gasteiger charge is 2.03. The van der Waals surface area contributed by atoms with Crippen LogP contribution in [0.4, 0.5) is 0 Å². The van der Waals surface area contributed by atoms with E-state index in [2.05, 4.69) is 11.2 Å². The molecule has 1 amide bonds. The summed E-state index contributed by atoms with van der Waals surface area (Å²) < 4.78 is 5.03. The van der Waals surface area contributed by atoms with E-state index in [4.69, 9.17) is 10.8 Å². The van der Waals surface area contributed by atoms with Crippen LogP contribution < -0.4 is 5.32 Å². The molecule has 0 radical (unpaired) electrons. The molecule has 1 atom stereocenters. The van der Waals surface area contributed by atoms with Crippen LogP contribution in [0.25, 0.3) is 6.08 Å². The number of terminal acetylenes is 1. The minimum atomic E-state index is -0.212. The number of carbonyl (C=O) groups excluding carboxylic acids is 1. The molecule has 0 aromatic carbocycles. The molecule has 1 unspecified atom stereocenters. The van der Waals surface area contributed by atoms with Gasteiger partial charge in [-0.1, -0.05) is 12.8 Å². The predicted molar refractivity (Wildman–Crippen MR) is 58.8 cm³/mol. The molecule has 1 aromatic rings. The van der Waals surface area contributed by atoms with E-state index >= 15 is 0 Å². The third-order valence-electron chi connectivity index (χ3n) is 1.87. The lowest BCUT2D eigenvalue weighted by Crippen LogP contribution is -2.31. The van der Waals surface area contributed by atoms with Gasteiger partial charge in [-0.15, -0.1) is 6.42 Å². The zero-order valence-corrected chi connectivity index (χ0v) is 8.57. The van der Waals surface area contributed by atoms with Gasteiger partial charge in [0.1, 0.15) is 5.76 Å². The van der Waals surface area contributed by atoms with Gasteiger partial charge in [0.2, 0.25) is 5.91 Å². The smallest absolute Gasteiger partial charge is 0.245 e. The Bertz CT molecular complexity index is 371. The topological polar surface area (TPSA) is 42.2 Å². The number of hydrogen-bond acceptors (Lipinski definition) is 2. The van der Waals surface area contributed by atoms with Gasteiger partial charge in [0.15, 0.2) is 0 Å². The van der Waals surface area contributed by atoms with Crippen LogP contribution in [-0.2, 0) is 4.79 Å². The maximum absolute atomic E-state index is 11.3. The Balaban J connectivity index is 2.46. The van der Waals surface area contributed by atoms with Crippen molar-refractivity contribution in [2.45, 2.75) is 19.4 Å². The summed E-state index contributed by atoms with van der Waals surface area (Å²) in [6.45, 7) is 1.92. The molecule has 0 saturated heterocycles. The van der Waals surface area contributed by atoms with E-state index in [9.17, 15) is 4.79 Å². The second-order valence-electron chi connectivity index (χ2n) is 2.98. The quantitative estimate of drug-likeness (QED) is 0.599. The summed E-state index contributed by atoms with van der Waals surface area (Å²) in [6, 6.07) is 3.31. The average Bonchev–Trinajstić information content (AvgIpc) is 2.75. The van der Waals surface area contributed by atoms with E-state index in [1.807, 2.05) is 6.92 Å². The first kappa shape index (κ1) is 11.1. The van der Waals surface area contributed by atoms with Crippen LogP contribution in [-0.4, -0.2) is 11.9 Å². The van der Waals surface area contributed by atoms with E-state index in [0.29, 0.717) is 5.76 Å². The van der Waals surface area contributed by atoms with E-state index in [0.717, 1.165) is 6.42 Å². The predicted octanol–water partition coefficient (Wildman–Crippen LogP) is 1.82. The fraction of sp³-hybridized carbons (Fsp3) is 0.250. The molecule has 1 aromatic heterocycles. The first-order chi connectivity index (χ1) is 7.26. The summed E-state index contributed by atoms with van der Waals surface area (Å²) in [7, 11) is 0. The van der Waals surface area contributed by atoms with Gasteiger partial charge >= 0.3 is 0 Å². The minimum Gasteiger partial charge on any atom is -0.465 e. The summed E-state index contributed by atoms with van der Waals surface area (Å²) in [5.41, 5.74) is 0. The van der Waals surface area contributed by atoms with E-state index in [1.54, 1.807) is 24.5 Å². The van der Waals surface area contributed by atoms with Gasteiger partial charge < -0.3 is 9.73 Å². The molecular formula is C12H13NO2. The van der Waals surface area contributed by atoms with Gasteiger partial charge in [-0.2, -0.15) is 0 Å². The Morgan fingerprint density at radius 3 is 3.13 bits per heavy atom. The van der Waals surface area contributed by atoms with Crippen molar-refractivity contribution in [1.29, 1.82) is 0 Å². The molecule has 15 heavy (non-hydrogen) atoms. The van der Waals surface area contributed by atoms with Crippen LogP contribution in [0.15, 0.2) is 28.9 Å². The third-order valence-corrected chi connectivity index (χ3v) is 1.87. The second-order valence-corrected chi connectivity index (χ2v) is 2.98. The molecule has 0 aliphatic heterocycles. The SMILES string of the molecule is C#CC(CC)NC(=O)/C=C/c1ccco1. The number of rotatable bonds is 4. The number of amides is 1. The van der Waals surface area contributed by atoms with Crippen molar-refractivity contribution >= 4 is 12.0 Å². The van der Waals surface area contributed by atoms with Gasteiger partial charge in [0, 0.05) is 6.08 Å². The van der Waals surface area contributed by atoms with Crippen molar-refractivity contribution < 1.29 is 9.21 Å². The van der Waals surface area contributed by atoms with Crippen molar-refractivity contribution in [2.24, 2.45) is 0 Å². The number of nitrogens with one attached hydrogen (secondary N) is 1. The lowest BCUT2D eigenvalue weighted by molar-refractivity contribution is -0.116. The molecule has 0 saturated carbocycles. The Hall–Kier alpha value is -1.95. The van der Waals surface area contributed by atoms with E-state index in [-0.39, 0.29) is 11.9 Å². The van der Waals surface area contributed by atoms with Gasteiger partial charge in [0.05, 0.1) is 12.3 Å². The largest absolute Gasteiger partial charge is 0.465 e. The molecule has 1 N–H and O–H groups in total. The van der Waals surface area contributed by atoms with Crippen LogP contribution >= 0.6 is 0 Å². The molecule has 78 valence electrons. The molecule has 3 heteroatoms. The molecule has 3 nitrogen and oxygen atoms in total. The highest BCUT2D eigenvalue weighted by molar-refractivity contribution is 5.91. The van der Waals surface area contributed by atoms with E-state index in [1.165, 1.54) is 6.08 Å². The van der Waals surface area contributed by atoms with Crippen molar-refractivity contribution in [3.63, 3.8) is 0 Å². The van der Waals surface area contributed by atoms with Crippen molar-refractivity contribution in [2.75, 3.05) is 0 Å². The van der Waals surface area contributed by atoms with Gasteiger partial charge in [-0.05, 0) is 24.6 Å². The van der Waals surface area contributed by atoms with Gasteiger partial charge in [-0.3, -0.25) is 4.79 Å². The Kier molecular flexibility index (Phi) is 4.24. The van der Waals surface area contributed by atoms with Crippen molar-refractivity contribution in [3.05, 3.63) is 30.2 Å². The number of furan rings is 1. The third kappa shape index (κ3) is 3.74. The van der Waals surface area contributed by atoms with Crippen LogP contribution in [0.2, 0.25) is 0 Å². The van der Waals surface area contributed by atoms with Crippen LogP contribution in [0.1, 0.15) is 19.1 Å². The molecule has 0 aliphatic rings. The summed E-state index contributed by atoms with van der Waals surface area (Å²) in [5.74, 6) is 2.91. The number of hydrogen-bond donors (Lipinski definition) is 1. The van der Waals surface area contributed by atoms with Crippen molar-refractivity contribution in [3.8, 4) is 12.3 Å². The van der Waals surface area contributed by atoms with Gasteiger partial charge in [0.25, 0.3) is 0 Å². The summed E-state index contributed by atoms with van der Waals surface area (Å²) in [5, 5.41) is 2.68. The first-order valence-corrected chi connectivity index (χ1v) is 4.74. The molecular weight excluding hydrogens is 190 g/mol. The summed E-state index contributed by atoms with van der Waals surface area (Å²) in [4.78, 5) is 11.3. The molecule has 0 bridgehead atoms.